The minimum atomic E-state index is -3.28. The molecule has 2 aliphatic heterocycles. The molecular formula is C10H20BrN3O3S. The molecule has 6 nitrogen and oxygen atoms in total. The van der Waals surface area contributed by atoms with E-state index in [9.17, 15) is 8.42 Å². The van der Waals surface area contributed by atoms with Crippen LogP contribution in [0, 0.1) is 0 Å². The first-order valence-electron chi connectivity index (χ1n) is 6.26. The summed E-state index contributed by atoms with van der Waals surface area (Å²) in [7, 11) is -3.28. The third kappa shape index (κ3) is 3.43. The third-order valence-corrected chi connectivity index (χ3v) is 5.74. The van der Waals surface area contributed by atoms with Gasteiger partial charge in [0.25, 0.3) is 10.2 Å². The first-order chi connectivity index (χ1) is 8.64. The van der Waals surface area contributed by atoms with E-state index in [1.807, 2.05) is 0 Å². The maximum Gasteiger partial charge on any atom is 0.282 e. The molecule has 0 saturated carbocycles. The van der Waals surface area contributed by atoms with Crippen molar-refractivity contribution in [2.75, 3.05) is 64.4 Å². The summed E-state index contributed by atoms with van der Waals surface area (Å²) in [4.78, 5) is 2.28. The summed E-state index contributed by atoms with van der Waals surface area (Å²) in [6, 6.07) is 0. The van der Waals surface area contributed by atoms with E-state index >= 15 is 0 Å². The van der Waals surface area contributed by atoms with Crippen LogP contribution < -0.4 is 0 Å². The highest BCUT2D eigenvalue weighted by Gasteiger charge is 2.32. The van der Waals surface area contributed by atoms with Gasteiger partial charge in [0.1, 0.15) is 0 Å². The summed E-state index contributed by atoms with van der Waals surface area (Å²) in [6.45, 7) is 5.74. The number of hydrogen-bond acceptors (Lipinski definition) is 4. The second-order valence-corrected chi connectivity index (χ2v) is 7.17. The number of nitrogens with zero attached hydrogens (tertiary/aromatic N) is 3. The number of alkyl halides is 1. The van der Waals surface area contributed by atoms with Crippen molar-refractivity contribution in [2.45, 2.75) is 0 Å². The Balaban J connectivity index is 1.91. The monoisotopic (exact) mass is 341 g/mol. The van der Waals surface area contributed by atoms with E-state index < -0.39 is 10.2 Å². The summed E-state index contributed by atoms with van der Waals surface area (Å²) in [6.07, 6.45) is 0. The molecular weight excluding hydrogens is 322 g/mol. The van der Waals surface area contributed by atoms with Gasteiger partial charge in [0.2, 0.25) is 0 Å². The van der Waals surface area contributed by atoms with Crippen LogP contribution in [0.25, 0.3) is 0 Å². The first kappa shape index (κ1) is 14.7. The lowest BCUT2D eigenvalue weighted by molar-refractivity contribution is 0.0686. The highest BCUT2D eigenvalue weighted by atomic mass is 79.9. The average molecular weight is 342 g/mol. The number of piperazine rings is 1. The fourth-order valence-electron chi connectivity index (χ4n) is 2.24. The Morgan fingerprint density at radius 1 is 0.944 bits per heavy atom. The third-order valence-electron chi connectivity index (χ3n) is 3.35. The van der Waals surface area contributed by atoms with Crippen LogP contribution in [0.5, 0.6) is 0 Å². The van der Waals surface area contributed by atoms with Crippen LogP contribution in [0.15, 0.2) is 0 Å². The van der Waals surface area contributed by atoms with Gasteiger partial charge < -0.3 is 4.74 Å². The maximum atomic E-state index is 12.4. The predicted octanol–water partition coefficient (Wildman–Crippen LogP) is -0.424. The molecule has 0 atom stereocenters. The van der Waals surface area contributed by atoms with Crippen molar-refractivity contribution in [3.8, 4) is 0 Å². The smallest absolute Gasteiger partial charge is 0.282 e. The van der Waals surface area contributed by atoms with Gasteiger partial charge >= 0.3 is 0 Å². The van der Waals surface area contributed by atoms with E-state index in [4.69, 9.17) is 4.74 Å². The van der Waals surface area contributed by atoms with Gasteiger partial charge in [-0.25, -0.2) is 0 Å². The van der Waals surface area contributed by atoms with Crippen molar-refractivity contribution in [3.05, 3.63) is 0 Å². The van der Waals surface area contributed by atoms with Gasteiger partial charge in [0.15, 0.2) is 0 Å². The first-order valence-corrected chi connectivity index (χ1v) is 8.78. The SMILES string of the molecule is O=S(=O)(N1CCOCC1)N1CCN(CCBr)CC1. The molecule has 0 spiro atoms. The molecule has 0 aliphatic carbocycles. The lowest BCUT2D eigenvalue weighted by Crippen LogP contribution is -2.55. The fraction of sp³-hybridized carbons (Fsp3) is 1.00. The second-order valence-electron chi connectivity index (χ2n) is 4.45. The molecule has 0 aromatic rings. The molecule has 106 valence electrons. The van der Waals surface area contributed by atoms with Gasteiger partial charge in [-0.15, -0.1) is 0 Å². The molecule has 2 fully saturated rings. The van der Waals surface area contributed by atoms with Crippen LogP contribution in [-0.2, 0) is 14.9 Å². The second kappa shape index (κ2) is 6.62. The summed E-state index contributed by atoms with van der Waals surface area (Å²) in [5, 5.41) is 0.934. The number of rotatable bonds is 4. The van der Waals surface area contributed by atoms with Crippen LogP contribution >= 0.6 is 15.9 Å². The van der Waals surface area contributed by atoms with E-state index in [-0.39, 0.29) is 0 Å². The molecule has 0 N–H and O–H groups in total. The van der Waals surface area contributed by atoms with Crippen molar-refractivity contribution in [1.82, 2.24) is 13.5 Å². The molecule has 2 aliphatic rings. The normalized spacial score (nSPS) is 25.4. The van der Waals surface area contributed by atoms with Crippen molar-refractivity contribution in [2.24, 2.45) is 0 Å². The highest BCUT2D eigenvalue weighted by molar-refractivity contribution is 9.09. The Hall–Kier alpha value is 0.270. The highest BCUT2D eigenvalue weighted by Crippen LogP contribution is 2.13. The topological polar surface area (TPSA) is 53.1 Å². The minimum Gasteiger partial charge on any atom is -0.379 e. The Morgan fingerprint density at radius 2 is 1.50 bits per heavy atom. The van der Waals surface area contributed by atoms with Crippen molar-refractivity contribution >= 4 is 26.1 Å². The molecule has 8 heteroatoms. The van der Waals surface area contributed by atoms with Gasteiger partial charge in [-0.1, -0.05) is 15.9 Å². The molecule has 0 unspecified atom stereocenters. The van der Waals surface area contributed by atoms with Gasteiger partial charge in [-0.05, 0) is 0 Å². The molecule has 0 aromatic heterocycles. The molecule has 2 rings (SSSR count). The molecule has 0 bridgehead atoms. The van der Waals surface area contributed by atoms with Crippen molar-refractivity contribution in [1.29, 1.82) is 0 Å². The molecule has 18 heavy (non-hydrogen) atoms. The van der Waals surface area contributed by atoms with E-state index in [1.54, 1.807) is 4.31 Å². The van der Waals surface area contributed by atoms with E-state index in [0.29, 0.717) is 39.4 Å². The zero-order valence-electron chi connectivity index (χ0n) is 10.4. The van der Waals surface area contributed by atoms with Crippen molar-refractivity contribution < 1.29 is 13.2 Å². The fourth-order valence-corrected chi connectivity index (χ4v) is 4.31. The van der Waals surface area contributed by atoms with E-state index in [2.05, 4.69) is 20.8 Å². The Labute approximate surface area is 117 Å². The summed E-state index contributed by atoms with van der Waals surface area (Å²) < 4.78 is 33.1. The van der Waals surface area contributed by atoms with Crippen LogP contribution in [0.4, 0.5) is 0 Å². The summed E-state index contributed by atoms with van der Waals surface area (Å²) in [5.41, 5.74) is 0. The van der Waals surface area contributed by atoms with Gasteiger partial charge in [-0.2, -0.15) is 17.0 Å². The zero-order chi connectivity index (χ0) is 13.0. The van der Waals surface area contributed by atoms with Crippen LogP contribution in [0.1, 0.15) is 0 Å². The van der Waals surface area contributed by atoms with Crippen LogP contribution in [0.3, 0.4) is 0 Å². The molecule has 0 aromatic carbocycles. The summed E-state index contributed by atoms with van der Waals surface area (Å²) >= 11 is 3.41. The average Bonchev–Trinajstić information content (AvgIpc) is 2.41. The number of ether oxygens (including phenoxy) is 1. The Kier molecular flexibility index (Phi) is 5.40. The van der Waals surface area contributed by atoms with Crippen LogP contribution in [-0.4, -0.2) is 86.3 Å². The summed E-state index contributed by atoms with van der Waals surface area (Å²) in [5.74, 6) is 0. The predicted molar refractivity (Wildman–Crippen MR) is 73.1 cm³/mol. The molecule has 2 saturated heterocycles. The van der Waals surface area contributed by atoms with Crippen molar-refractivity contribution in [3.63, 3.8) is 0 Å². The van der Waals surface area contributed by atoms with E-state index in [1.165, 1.54) is 4.31 Å². The maximum absolute atomic E-state index is 12.4. The number of morpholine rings is 1. The Morgan fingerprint density at radius 3 is 2.06 bits per heavy atom. The Bertz CT molecular complexity index is 351. The number of halogens is 1. The van der Waals surface area contributed by atoms with Gasteiger partial charge in [0, 0.05) is 51.1 Å². The zero-order valence-corrected chi connectivity index (χ0v) is 12.8. The largest absolute Gasteiger partial charge is 0.379 e. The lowest BCUT2D eigenvalue weighted by atomic mass is 10.4. The lowest BCUT2D eigenvalue weighted by Gasteiger charge is -2.37. The number of hydrogen-bond donors (Lipinski definition) is 0. The molecule has 0 radical (unpaired) electrons. The van der Waals surface area contributed by atoms with Crippen LogP contribution in [0.2, 0.25) is 0 Å². The molecule has 0 amide bonds. The minimum absolute atomic E-state index is 0.476. The van der Waals surface area contributed by atoms with Gasteiger partial charge in [0.05, 0.1) is 13.2 Å². The standard InChI is InChI=1S/C10H20BrN3O3S/c11-1-2-12-3-5-13(6-4-12)18(15,16)14-7-9-17-10-8-14/h1-10H2. The molecule has 2 heterocycles. The van der Waals surface area contributed by atoms with E-state index in [0.717, 1.165) is 25.0 Å². The van der Waals surface area contributed by atoms with Gasteiger partial charge in [-0.3, -0.25) is 4.90 Å². The quantitative estimate of drug-likeness (QED) is 0.651.